The third kappa shape index (κ3) is 3.57. The van der Waals surface area contributed by atoms with Crippen LogP contribution < -0.4 is 10.5 Å². The first-order chi connectivity index (χ1) is 7.95. The second-order valence-electron chi connectivity index (χ2n) is 3.55. The lowest BCUT2D eigenvalue weighted by atomic mass is 10.0. The fourth-order valence-electron chi connectivity index (χ4n) is 1.44. The van der Waals surface area contributed by atoms with Gasteiger partial charge in [0.1, 0.15) is 11.6 Å². The van der Waals surface area contributed by atoms with Gasteiger partial charge in [0.25, 0.3) is 0 Å². The number of ether oxygens (including phenoxy) is 1. The van der Waals surface area contributed by atoms with Crippen LogP contribution in [-0.2, 0) is 4.79 Å². The molecule has 3 N–H and O–H groups in total. The van der Waals surface area contributed by atoms with Crippen molar-refractivity contribution in [3.8, 4) is 5.75 Å². The molecule has 4 nitrogen and oxygen atoms in total. The van der Waals surface area contributed by atoms with E-state index in [0.717, 1.165) is 6.07 Å². The summed E-state index contributed by atoms with van der Waals surface area (Å²) in [4.78, 5) is 10.4. The number of carboxylic acids is 1. The van der Waals surface area contributed by atoms with Gasteiger partial charge in [-0.1, -0.05) is 11.6 Å². The molecular weight excluding hydrogens is 249 g/mol. The van der Waals surface area contributed by atoms with Gasteiger partial charge in [-0.25, -0.2) is 4.39 Å². The van der Waals surface area contributed by atoms with E-state index >= 15 is 0 Å². The van der Waals surface area contributed by atoms with E-state index in [1.807, 2.05) is 0 Å². The lowest BCUT2D eigenvalue weighted by molar-refractivity contribution is -0.137. The number of rotatable bonds is 5. The Bertz CT molecular complexity index is 425. The van der Waals surface area contributed by atoms with E-state index in [9.17, 15) is 9.18 Å². The molecule has 0 spiro atoms. The highest BCUT2D eigenvalue weighted by molar-refractivity contribution is 6.32. The van der Waals surface area contributed by atoms with Gasteiger partial charge < -0.3 is 15.6 Å². The van der Waals surface area contributed by atoms with Crippen molar-refractivity contribution in [1.82, 2.24) is 0 Å². The van der Waals surface area contributed by atoms with Crippen molar-refractivity contribution < 1.29 is 19.0 Å². The van der Waals surface area contributed by atoms with E-state index in [1.54, 1.807) is 0 Å². The SMILES string of the molecule is COc1cc(F)cc(C(N)CCC(=O)O)c1Cl. The normalized spacial score (nSPS) is 12.2. The summed E-state index contributed by atoms with van der Waals surface area (Å²) in [5, 5.41) is 8.76. The predicted molar refractivity (Wildman–Crippen MR) is 61.8 cm³/mol. The van der Waals surface area contributed by atoms with Gasteiger partial charge in [0, 0.05) is 18.5 Å². The van der Waals surface area contributed by atoms with Crippen molar-refractivity contribution in [2.45, 2.75) is 18.9 Å². The fraction of sp³-hybridized carbons (Fsp3) is 0.364. The minimum atomic E-state index is -0.958. The molecule has 1 unspecified atom stereocenters. The molecule has 0 aliphatic heterocycles. The summed E-state index contributed by atoms with van der Waals surface area (Å²) >= 11 is 5.97. The van der Waals surface area contributed by atoms with Crippen molar-refractivity contribution in [3.05, 3.63) is 28.5 Å². The molecule has 17 heavy (non-hydrogen) atoms. The molecule has 0 saturated carbocycles. The fourth-order valence-corrected chi connectivity index (χ4v) is 1.76. The number of benzene rings is 1. The quantitative estimate of drug-likeness (QED) is 0.853. The highest BCUT2D eigenvalue weighted by Crippen LogP contribution is 2.33. The number of carboxylic acid groups (broad SMARTS) is 1. The van der Waals surface area contributed by atoms with Crippen LogP contribution in [-0.4, -0.2) is 18.2 Å². The van der Waals surface area contributed by atoms with Crippen LogP contribution in [0, 0.1) is 5.82 Å². The van der Waals surface area contributed by atoms with E-state index in [1.165, 1.54) is 13.2 Å². The monoisotopic (exact) mass is 261 g/mol. The third-order valence-electron chi connectivity index (χ3n) is 2.32. The van der Waals surface area contributed by atoms with Crippen molar-refractivity contribution in [3.63, 3.8) is 0 Å². The molecule has 0 radical (unpaired) electrons. The molecule has 0 saturated heterocycles. The molecule has 0 aromatic heterocycles. The highest BCUT2D eigenvalue weighted by atomic mass is 35.5. The van der Waals surface area contributed by atoms with Gasteiger partial charge in [0.15, 0.2) is 0 Å². The zero-order valence-electron chi connectivity index (χ0n) is 9.24. The Morgan fingerprint density at radius 1 is 1.65 bits per heavy atom. The molecule has 0 bridgehead atoms. The molecule has 0 fully saturated rings. The smallest absolute Gasteiger partial charge is 0.303 e. The molecule has 0 aliphatic rings. The van der Waals surface area contributed by atoms with Crippen LogP contribution >= 0.6 is 11.6 Å². The van der Waals surface area contributed by atoms with Crippen LogP contribution in [0.1, 0.15) is 24.4 Å². The third-order valence-corrected chi connectivity index (χ3v) is 2.73. The summed E-state index contributed by atoms with van der Waals surface area (Å²) in [5.41, 5.74) is 6.12. The summed E-state index contributed by atoms with van der Waals surface area (Å²) in [6, 6.07) is 1.70. The highest BCUT2D eigenvalue weighted by Gasteiger charge is 2.16. The Kier molecular flexibility index (Phi) is 4.72. The first-order valence-corrected chi connectivity index (χ1v) is 5.33. The van der Waals surface area contributed by atoms with Crippen molar-refractivity contribution in [1.29, 1.82) is 0 Å². The van der Waals surface area contributed by atoms with Crippen molar-refractivity contribution >= 4 is 17.6 Å². The van der Waals surface area contributed by atoms with E-state index in [2.05, 4.69) is 0 Å². The number of hydrogen-bond donors (Lipinski definition) is 2. The maximum atomic E-state index is 13.2. The van der Waals surface area contributed by atoms with E-state index in [-0.39, 0.29) is 23.6 Å². The van der Waals surface area contributed by atoms with E-state index in [4.69, 9.17) is 27.2 Å². The van der Waals surface area contributed by atoms with Crippen LogP contribution in [0.25, 0.3) is 0 Å². The number of carbonyl (C=O) groups is 1. The van der Waals surface area contributed by atoms with Gasteiger partial charge in [-0.2, -0.15) is 0 Å². The number of hydrogen-bond acceptors (Lipinski definition) is 3. The Morgan fingerprint density at radius 2 is 2.29 bits per heavy atom. The van der Waals surface area contributed by atoms with Crippen LogP contribution in [0.5, 0.6) is 5.75 Å². The summed E-state index contributed by atoms with van der Waals surface area (Å²) in [5.74, 6) is -1.29. The number of methoxy groups -OCH3 is 1. The van der Waals surface area contributed by atoms with E-state index in [0.29, 0.717) is 5.56 Å². The first-order valence-electron chi connectivity index (χ1n) is 4.96. The largest absolute Gasteiger partial charge is 0.495 e. The topological polar surface area (TPSA) is 72.5 Å². The molecule has 94 valence electrons. The zero-order chi connectivity index (χ0) is 13.0. The lowest BCUT2D eigenvalue weighted by Gasteiger charge is -2.15. The minimum absolute atomic E-state index is 0.101. The number of nitrogens with two attached hydrogens (primary N) is 1. The lowest BCUT2D eigenvalue weighted by Crippen LogP contribution is -2.13. The summed E-state index contributed by atoms with van der Waals surface area (Å²) in [6.07, 6.45) is 0.0813. The Balaban J connectivity index is 2.96. The maximum Gasteiger partial charge on any atom is 0.303 e. The van der Waals surface area contributed by atoms with Crippen LogP contribution in [0.4, 0.5) is 4.39 Å². The Morgan fingerprint density at radius 3 is 2.82 bits per heavy atom. The average molecular weight is 262 g/mol. The van der Waals surface area contributed by atoms with Gasteiger partial charge in [-0.3, -0.25) is 4.79 Å². The van der Waals surface area contributed by atoms with Crippen molar-refractivity contribution in [2.24, 2.45) is 5.73 Å². The second-order valence-corrected chi connectivity index (χ2v) is 3.93. The number of halogens is 2. The minimum Gasteiger partial charge on any atom is -0.495 e. The molecule has 1 rings (SSSR count). The van der Waals surface area contributed by atoms with Gasteiger partial charge in [0.2, 0.25) is 0 Å². The Hall–Kier alpha value is -1.33. The van der Waals surface area contributed by atoms with Gasteiger partial charge in [0.05, 0.1) is 12.1 Å². The number of aliphatic carboxylic acids is 1. The first kappa shape index (κ1) is 13.7. The van der Waals surface area contributed by atoms with Gasteiger partial charge in [-0.05, 0) is 18.1 Å². The molecule has 6 heteroatoms. The van der Waals surface area contributed by atoms with E-state index < -0.39 is 17.8 Å². The maximum absolute atomic E-state index is 13.2. The average Bonchev–Trinajstić information content (AvgIpc) is 2.28. The zero-order valence-corrected chi connectivity index (χ0v) is 10.00. The molecule has 1 aromatic carbocycles. The van der Waals surface area contributed by atoms with Gasteiger partial charge >= 0.3 is 5.97 Å². The van der Waals surface area contributed by atoms with Gasteiger partial charge in [-0.15, -0.1) is 0 Å². The standard InChI is InChI=1S/C11H13ClFNO3/c1-17-9-5-6(13)4-7(11(9)12)8(14)2-3-10(15)16/h4-5,8H,2-3,14H2,1H3,(H,15,16). The summed E-state index contributed by atoms with van der Waals surface area (Å²) in [7, 11) is 1.37. The van der Waals surface area contributed by atoms with Crippen LogP contribution in [0.2, 0.25) is 5.02 Å². The van der Waals surface area contributed by atoms with Crippen molar-refractivity contribution in [2.75, 3.05) is 7.11 Å². The summed E-state index contributed by atoms with van der Waals surface area (Å²) in [6.45, 7) is 0. The molecule has 0 heterocycles. The second kappa shape index (κ2) is 5.84. The summed E-state index contributed by atoms with van der Waals surface area (Å²) < 4.78 is 18.1. The molecule has 0 aliphatic carbocycles. The molecule has 1 aromatic rings. The molecule has 0 amide bonds. The molecule has 1 atom stereocenters. The molecular formula is C11H13ClFNO3. The van der Waals surface area contributed by atoms with Crippen LogP contribution in [0.15, 0.2) is 12.1 Å². The van der Waals surface area contributed by atoms with Crippen LogP contribution in [0.3, 0.4) is 0 Å². The Labute approximate surface area is 103 Å². The predicted octanol–water partition coefficient (Wildman–Crippen LogP) is 2.35.